The summed E-state index contributed by atoms with van der Waals surface area (Å²) in [5.41, 5.74) is 44.6. The Morgan fingerprint density at radius 3 is 0.856 bits per heavy atom. The molecule has 118 heavy (non-hydrogen) atoms. The largest absolute Gasteiger partial charge is 0.310 e. The summed E-state index contributed by atoms with van der Waals surface area (Å²) in [6.45, 7) is 9.25. The lowest BCUT2D eigenvalue weighted by Gasteiger charge is -2.36. The van der Waals surface area contributed by atoms with Gasteiger partial charge in [-0.15, -0.1) is 0 Å². The Morgan fingerprint density at radius 1 is 0.169 bits per heavy atom. The van der Waals surface area contributed by atoms with E-state index in [1.165, 1.54) is 156 Å². The van der Waals surface area contributed by atoms with Crippen molar-refractivity contribution in [3.63, 3.8) is 0 Å². The van der Waals surface area contributed by atoms with Gasteiger partial charge in [-0.3, -0.25) is 0 Å². The van der Waals surface area contributed by atoms with E-state index in [1.54, 1.807) is 0 Å². The van der Waals surface area contributed by atoms with Crippen molar-refractivity contribution in [1.82, 2.24) is 0 Å². The topological polar surface area (TPSA) is 6.48 Å². The maximum Gasteiger partial charge on any atom is 0.0726 e. The molecule has 556 valence electrons. The average Bonchev–Trinajstić information content (AvgIpc) is 1.51. The Morgan fingerprint density at radius 2 is 0.441 bits per heavy atom. The van der Waals surface area contributed by atoms with Crippen molar-refractivity contribution < 1.29 is 0 Å². The van der Waals surface area contributed by atoms with Gasteiger partial charge in [0, 0.05) is 39.5 Å². The second kappa shape index (κ2) is 26.6. The van der Waals surface area contributed by atoms with Crippen molar-refractivity contribution in [2.45, 2.75) is 49.4 Å². The van der Waals surface area contributed by atoms with Crippen molar-refractivity contribution in [2.24, 2.45) is 0 Å². The molecular formula is C116H82N2. The van der Waals surface area contributed by atoms with Gasteiger partial charge in [-0.25, -0.2) is 0 Å². The first-order chi connectivity index (χ1) is 58.1. The Hall–Kier alpha value is -14.4. The minimum Gasteiger partial charge on any atom is -0.310 e. The van der Waals surface area contributed by atoms with E-state index in [9.17, 15) is 0 Å². The van der Waals surface area contributed by atoms with Crippen molar-refractivity contribution >= 4 is 34.1 Å². The molecule has 18 aromatic carbocycles. The minimum absolute atomic E-state index is 0.173. The maximum absolute atomic E-state index is 2.56. The number of fused-ring (bicyclic) bond motifs is 19. The van der Waals surface area contributed by atoms with Gasteiger partial charge in [-0.1, -0.05) is 377 Å². The van der Waals surface area contributed by atoms with Gasteiger partial charge in [-0.2, -0.15) is 0 Å². The van der Waals surface area contributed by atoms with Crippen LogP contribution in [0.2, 0.25) is 0 Å². The van der Waals surface area contributed by atoms with Crippen molar-refractivity contribution in [1.29, 1.82) is 0 Å². The number of nitrogens with zero attached hydrogens (tertiary/aromatic N) is 2. The van der Waals surface area contributed by atoms with Crippen LogP contribution in [0.1, 0.15) is 103 Å². The smallest absolute Gasteiger partial charge is 0.0726 e. The summed E-state index contributed by atoms with van der Waals surface area (Å²) in [6.07, 6.45) is 0. The average molecular weight is 1500 g/mol. The molecule has 5 aliphatic carbocycles. The number of aryl methyl sites for hydroxylation is 2. The lowest BCUT2D eigenvalue weighted by Crippen LogP contribution is -2.29. The molecular weight excluding hydrogens is 1420 g/mol. The van der Waals surface area contributed by atoms with Gasteiger partial charge in [0.05, 0.1) is 16.2 Å². The summed E-state index contributed by atoms with van der Waals surface area (Å²) >= 11 is 0. The van der Waals surface area contributed by atoms with Crippen LogP contribution in [-0.4, -0.2) is 0 Å². The molecule has 2 nitrogen and oxygen atoms in total. The van der Waals surface area contributed by atoms with Crippen LogP contribution in [0, 0.1) is 13.8 Å². The zero-order valence-corrected chi connectivity index (χ0v) is 66.3. The van der Waals surface area contributed by atoms with Gasteiger partial charge in [0.1, 0.15) is 0 Å². The Balaban J connectivity index is 0.716. The van der Waals surface area contributed by atoms with E-state index in [2.05, 4.69) is 462 Å². The third-order valence-electron chi connectivity index (χ3n) is 26.9. The third-order valence-corrected chi connectivity index (χ3v) is 26.9. The second-order valence-electron chi connectivity index (χ2n) is 33.4. The summed E-state index contributed by atoms with van der Waals surface area (Å²) in [5.74, 6) is 0. The van der Waals surface area contributed by atoms with Crippen LogP contribution in [0.25, 0.3) is 89.0 Å². The number of hydrogen-bond acceptors (Lipinski definition) is 2. The van der Waals surface area contributed by atoms with E-state index < -0.39 is 16.2 Å². The number of benzene rings is 18. The molecule has 0 bridgehead atoms. The zero-order chi connectivity index (χ0) is 78.6. The molecule has 0 radical (unpaired) electrons. The van der Waals surface area contributed by atoms with E-state index in [0.29, 0.717) is 0 Å². The molecule has 5 aliphatic rings. The van der Waals surface area contributed by atoms with Crippen LogP contribution < -0.4 is 9.80 Å². The Labute approximate surface area is 691 Å². The molecule has 0 fully saturated rings. The van der Waals surface area contributed by atoms with Gasteiger partial charge < -0.3 is 9.80 Å². The highest BCUT2D eigenvalue weighted by molar-refractivity contribution is 5.99. The molecule has 0 heterocycles. The first-order valence-electron chi connectivity index (χ1n) is 41.5. The molecule has 0 amide bonds. The monoisotopic (exact) mass is 1500 g/mol. The quantitative estimate of drug-likeness (QED) is 0.114. The van der Waals surface area contributed by atoms with Crippen LogP contribution >= 0.6 is 0 Å². The van der Waals surface area contributed by atoms with Gasteiger partial charge in [0.25, 0.3) is 0 Å². The predicted molar refractivity (Wildman–Crippen MR) is 490 cm³/mol. The highest BCUT2D eigenvalue weighted by Crippen LogP contribution is 2.65. The van der Waals surface area contributed by atoms with Gasteiger partial charge in [0.2, 0.25) is 0 Å². The molecule has 0 unspecified atom stereocenters. The maximum atomic E-state index is 2.56. The SMILES string of the molecule is Cc1ccc2c(c1)C(c1ccccc1)(c1ccccc1)c1cc(N(c3ccc(-c4ccc(N(c5ccc(-c6cccc7c6C(C)(C)c6ccccc6-7)cc5)c5ccc6c(c5)C5(c7ccccc7-c7ccccc75)c5ccccc5-6)cc4)c(-c4ccccc4)c3)c3ccc4c(c3)C(c3ccccc3)(c3ccccc3)c3cc(C)ccc3-4)ccc1-2. The first-order valence-corrected chi connectivity index (χ1v) is 41.5. The molecule has 0 aromatic heterocycles. The van der Waals surface area contributed by atoms with Crippen LogP contribution in [0.15, 0.2) is 425 Å². The summed E-state index contributed by atoms with van der Waals surface area (Å²) < 4.78 is 0. The van der Waals surface area contributed by atoms with Crippen LogP contribution in [-0.2, 0) is 21.7 Å². The lowest BCUT2D eigenvalue weighted by molar-refractivity contribution is 0.662. The Kier molecular flexibility index (Phi) is 15.6. The van der Waals surface area contributed by atoms with Crippen molar-refractivity contribution in [3.05, 3.63) is 514 Å². The van der Waals surface area contributed by atoms with E-state index in [-0.39, 0.29) is 5.41 Å². The molecule has 2 heteroatoms. The molecule has 0 saturated carbocycles. The fraction of sp³-hybridized carbons (Fsp3) is 0.0690. The normalized spacial score (nSPS) is 14.2. The fourth-order valence-electron chi connectivity index (χ4n) is 22.0. The highest BCUT2D eigenvalue weighted by Gasteiger charge is 2.53. The van der Waals surface area contributed by atoms with Crippen molar-refractivity contribution in [2.75, 3.05) is 9.80 Å². The minimum atomic E-state index is -0.644. The molecule has 23 rings (SSSR count). The standard InChI is InChI=1S/C116H82N2/c1-75-49-63-96-99-67-61-88(72-109(99)114(107(96)69-75,80-31-12-6-13-32-80)81-33-14-7-15-34-81)118(89-62-68-100-97-64-50-76(2)70-108(97)115(110(100)73-89,82-35-16-8-17-36-82)83-37-18-9-19-38-83)86-59-65-90(102(71-86)77-29-10-5-11-30-77)78-51-55-84(56-52-78)117(85-57-53-79(54-58-85)91-43-28-44-101-95-42-20-24-45-103(95)113(3,4)112(91)101)87-60-66-98-94-41-23-27-48-106(94)116(111(98)74-87)104-46-25-21-39-92(104)93-40-22-26-47-105(93)116/h5-74H,1-4H3. The summed E-state index contributed by atoms with van der Waals surface area (Å²) in [5, 5.41) is 0. The van der Waals surface area contributed by atoms with E-state index in [1.807, 2.05) is 0 Å². The van der Waals surface area contributed by atoms with E-state index in [4.69, 9.17) is 0 Å². The predicted octanol–water partition coefficient (Wildman–Crippen LogP) is 29.6. The van der Waals surface area contributed by atoms with Gasteiger partial charge in [-0.05, 0) is 254 Å². The Bertz CT molecular complexity index is 6750. The number of rotatable bonds is 13. The van der Waals surface area contributed by atoms with Crippen LogP contribution in [0.3, 0.4) is 0 Å². The van der Waals surface area contributed by atoms with Gasteiger partial charge in [0.15, 0.2) is 0 Å². The summed E-state index contributed by atoms with van der Waals surface area (Å²) in [6, 6.07) is 161. The third kappa shape index (κ3) is 9.93. The summed E-state index contributed by atoms with van der Waals surface area (Å²) in [4.78, 5) is 5.05. The summed E-state index contributed by atoms with van der Waals surface area (Å²) in [7, 11) is 0. The molecule has 1 spiro atoms. The zero-order valence-electron chi connectivity index (χ0n) is 66.3. The molecule has 18 aromatic rings. The second-order valence-corrected chi connectivity index (χ2v) is 33.4. The number of hydrogen-bond donors (Lipinski definition) is 0. The molecule has 0 atom stereocenters. The number of anilines is 6. The fourth-order valence-corrected chi connectivity index (χ4v) is 22.0. The van der Waals surface area contributed by atoms with E-state index in [0.717, 1.165) is 56.4 Å². The molecule has 0 saturated heterocycles. The van der Waals surface area contributed by atoms with Crippen LogP contribution in [0.4, 0.5) is 34.1 Å². The molecule has 0 N–H and O–H groups in total. The van der Waals surface area contributed by atoms with Crippen LogP contribution in [0.5, 0.6) is 0 Å². The van der Waals surface area contributed by atoms with E-state index >= 15 is 0 Å². The van der Waals surface area contributed by atoms with Crippen molar-refractivity contribution in [3.8, 4) is 89.0 Å². The molecule has 0 aliphatic heterocycles. The highest BCUT2D eigenvalue weighted by atomic mass is 15.1. The van der Waals surface area contributed by atoms with Gasteiger partial charge >= 0.3 is 0 Å². The lowest BCUT2D eigenvalue weighted by atomic mass is 9.67. The first kappa shape index (κ1) is 69.1.